The molecule has 4 rings (SSSR count). The van der Waals surface area contributed by atoms with Crippen molar-refractivity contribution >= 4 is 28.6 Å². The third-order valence-electron chi connectivity index (χ3n) is 5.14. The highest BCUT2D eigenvalue weighted by atomic mass is 32.2. The van der Waals surface area contributed by atoms with Crippen molar-refractivity contribution in [3.63, 3.8) is 0 Å². The Hall–Kier alpha value is -1.70. The molecule has 0 unspecified atom stereocenters. The number of carbonyl (C=O) groups excluding carboxylic acids is 1. The molecular formula is C20H26N4O2S. The number of para-hydroxylation sites is 1. The Labute approximate surface area is 164 Å². The second kappa shape index (κ2) is 8.99. The zero-order chi connectivity index (χ0) is 18.5. The van der Waals surface area contributed by atoms with Crippen LogP contribution in [0.25, 0.3) is 10.9 Å². The highest BCUT2D eigenvalue weighted by Gasteiger charge is 2.18. The smallest absolute Gasteiger partial charge is 0.230 e. The fraction of sp³-hybridized carbons (Fsp3) is 0.550. The van der Waals surface area contributed by atoms with Gasteiger partial charge >= 0.3 is 0 Å². The zero-order valence-corrected chi connectivity index (χ0v) is 16.3. The van der Waals surface area contributed by atoms with E-state index < -0.39 is 0 Å². The Morgan fingerprint density at radius 2 is 1.96 bits per heavy atom. The largest absolute Gasteiger partial charge is 0.379 e. The highest BCUT2D eigenvalue weighted by molar-refractivity contribution is 8.00. The number of rotatable bonds is 6. The van der Waals surface area contributed by atoms with Gasteiger partial charge in [-0.25, -0.2) is 9.97 Å². The molecule has 0 atom stereocenters. The van der Waals surface area contributed by atoms with Crippen LogP contribution in [0.3, 0.4) is 0 Å². The summed E-state index contributed by atoms with van der Waals surface area (Å²) in [6.07, 6.45) is 4.66. The molecule has 1 aromatic carbocycles. The summed E-state index contributed by atoms with van der Waals surface area (Å²) in [6, 6.07) is 8.40. The lowest BCUT2D eigenvalue weighted by molar-refractivity contribution is -0.119. The van der Waals surface area contributed by atoms with E-state index >= 15 is 0 Å². The molecule has 1 N–H and O–H groups in total. The summed E-state index contributed by atoms with van der Waals surface area (Å²) in [5, 5.41) is 5.06. The van der Waals surface area contributed by atoms with Gasteiger partial charge in [0.25, 0.3) is 0 Å². The summed E-state index contributed by atoms with van der Waals surface area (Å²) < 4.78 is 5.42. The van der Waals surface area contributed by atoms with Gasteiger partial charge in [-0.1, -0.05) is 42.8 Å². The molecule has 2 heterocycles. The van der Waals surface area contributed by atoms with E-state index in [1.165, 1.54) is 24.6 Å². The zero-order valence-electron chi connectivity index (χ0n) is 15.5. The molecule has 1 aliphatic carbocycles. The number of ether oxygens (including phenoxy) is 1. The van der Waals surface area contributed by atoms with Crippen molar-refractivity contribution in [3.05, 3.63) is 30.1 Å². The molecule has 0 radical (unpaired) electrons. The number of carbonyl (C=O) groups is 1. The van der Waals surface area contributed by atoms with Gasteiger partial charge in [0.1, 0.15) is 10.9 Å². The molecule has 1 saturated heterocycles. The van der Waals surface area contributed by atoms with Crippen LogP contribution in [0.2, 0.25) is 0 Å². The summed E-state index contributed by atoms with van der Waals surface area (Å²) in [6.45, 7) is 4.05. The van der Waals surface area contributed by atoms with Gasteiger partial charge in [0.05, 0.1) is 31.0 Å². The Bertz CT molecular complexity index is 789. The van der Waals surface area contributed by atoms with Crippen molar-refractivity contribution in [1.29, 1.82) is 0 Å². The number of thioether (sulfide) groups is 1. The fourth-order valence-corrected chi connectivity index (χ4v) is 4.56. The molecule has 7 heteroatoms. The molecule has 1 aromatic heterocycles. The highest BCUT2D eigenvalue weighted by Crippen LogP contribution is 2.26. The van der Waals surface area contributed by atoms with Gasteiger partial charge < -0.3 is 10.1 Å². The van der Waals surface area contributed by atoms with E-state index in [2.05, 4.69) is 10.2 Å². The SMILES string of the molecule is O=C(CSc1nc(CN2CCOCC2)nc2ccccc12)NC1CCCC1. The molecule has 1 amide bonds. The first-order valence-electron chi connectivity index (χ1n) is 9.76. The first-order valence-corrected chi connectivity index (χ1v) is 10.7. The van der Waals surface area contributed by atoms with Crippen LogP contribution < -0.4 is 5.32 Å². The minimum atomic E-state index is 0.101. The van der Waals surface area contributed by atoms with Crippen molar-refractivity contribution in [2.45, 2.75) is 43.3 Å². The van der Waals surface area contributed by atoms with Gasteiger partial charge in [0, 0.05) is 24.5 Å². The third-order valence-corrected chi connectivity index (χ3v) is 6.13. The molecule has 0 spiro atoms. The molecular weight excluding hydrogens is 360 g/mol. The summed E-state index contributed by atoms with van der Waals surface area (Å²) >= 11 is 1.51. The van der Waals surface area contributed by atoms with E-state index in [0.717, 1.165) is 67.4 Å². The maximum atomic E-state index is 12.3. The summed E-state index contributed by atoms with van der Waals surface area (Å²) in [5.74, 6) is 1.31. The van der Waals surface area contributed by atoms with Crippen LogP contribution in [0.5, 0.6) is 0 Å². The average molecular weight is 387 g/mol. The monoisotopic (exact) mass is 386 g/mol. The lowest BCUT2D eigenvalue weighted by Crippen LogP contribution is -2.36. The number of amides is 1. The van der Waals surface area contributed by atoms with Crippen LogP contribution in [-0.2, 0) is 16.1 Å². The molecule has 144 valence electrons. The molecule has 0 bridgehead atoms. The van der Waals surface area contributed by atoms with Gasteiger partial charge in [0.15, 0.2) is 0 Å². The number of fused-ring (bicyclic) bond motifs is 1. The maximum Gasteiger partial charge on any atom is 0.230 e. The number of nitrogens with zero attached hydrogens (tertiary/aromatic N) is 3. The molecule has 6 nitrogen and oxygen atoms in total. The Morgan fingerprint density at radius 3 is 2.78 bits per heavy atom. The molecule has 2 fully saturated rings. The average Bonchev–Trinajstić information content (AvgIpc) is 3.20. The lowest BCUT2D eigenvalue weighted by Gasteiger charge is -2.25. The van der Waals surface area contributed by atoms with Crippen molar-refractivity contribution in [1.82, 2.24) is 20.2 Å². The number of benzene rings is 1. The van der Waals surface area contributed by atoms with Crippen LogP contribution in [0.4, 0.5) is 0 Å². The normalized spacial score (nSPS) is 18.8. The van der Waals surface area contributed by atoms with Crippen molar-refractivity contribution in [2.24, 2.45) is 0 Å². The van der Waals surface area contributed by atoms with Crippen LogP contribution in [0.1, 0.15) is 31.5 Å². The van der Waals surface area contributed by atoms with E-state index in [1.54, 1.807) is 0 Å². The summed E-state index contributed by atoms with van der Waals surface area (Å²) in [4.78, 5) is 24.1. The Morgan fingerprint density at radius 1 is 1.19 bits per heavy atom. The Kier molecular flexibility index (Phi) is 6.21. The van der Waals surface area contributed by atoms with Gasteiger partial charge in [0.2, 0.25) is 5.91 Å². The van der Waals surface area contributed by atoms with Gasteiger partial charge in [-0.15, -0.1) is 0 Å². The first kappa shape index (κ1) is 18.7. The van der Waals surface area contributed by atoms with E-state index in [1.807, 2.05) is 24.3 Å². The van der Waals surface area contributed by atoms with Gasteiger partial charge in [-0.05, 0) is 18.9 Å². The number of nitrogens with one attached hydrogen (secondary N) is 1. The quantitative estimate of drug-likeness (QED) is 0.608. The van der Waals surface area contributed by atoms with E-state index in [-0.39, 0.29) is 5.91 Å². The van der Waals surface area contributed by atoms with E-state index in [4.69, 9.17) is 14.7 Å². The fourth-order valence-electron chi connectivity index (χ4n) is 3.71. The van der Waals surface area contributed by atoms with Crippen LogP contribution in [0.15, 0.2) is 29.3 Å². The number of hydrogen-bond acceptors (Lipinski definition) is 6. The molecule has 1 aliphatic heterocycles. The molecule has 2 aliphatic rings. The lowest BCUT2D eigenvalue weighted by atomic mass is 10.2. The van der Waals surface area contributed by atoms with Crippen LogP contribution >= 0.6 is 11.8 Å². The topological polar surface area (TPSA) is 67.4 Å². The van der Waals surface area contributed by atoms with Crippen LogP contribution in [-0.4, -0.2) is 58.9 Å². The van der Waals surface area contributed by atoms with E-state index in [0.29, 0.717) is 11.8 Å². The van der Waals surface area contributed by atoms with Gasteiger partial charge in [-0.3, -0.25) is 9.69 Å². The van der Waals surface area contributed by atoms with Crippen molar-refractivity contribution in [2.75, 3.05) is 32.1 Å². The number of aromatic nitrogens is 2. The van der Waals surface area contributed by atoms with Crippen molar-refractivity contribution < 1.29 is 9.53 Å². The minimum absolute atomic E-state index is 0.101. The first-order chi connectivity index (χ1) is 13.3. The van der Waals surface area contributed by atoms with Gasteiger partial charge in [-0.2, -0.15) is 0 Å². The summed E-state index contributed by atoms with van der Waals surface area (Å²) in [7, 11) is 0. The molecule has 2 aromatic rings. The standard InChI is InChI=1S/C20H26N4O2S/c25-19(21-15-5-1-2-6-15)14-27-20-16-7-3-4-8-17(16)22-18(23-20)13-24-9-11-26-12-10-24/h3-4,7-8,15H,1-2,5-6,9-14H2,(H,21,25). The maximum absolute atomic E-state index is 12.3. The van der Waals surface area contributed by atoms with Crippen LogP contribution in [0, 0.1) is 0 Å². The number of hydrogen-bond donors (Lipinski definition) is 1. The van der Waals surface area contributed by atoms with Crippen molar-refractivity contribution in [3.8, 4) is 0 Å². The second-order valence-electron chi connectivity index (χ2n) is 7.19. The molecule has 1 saturated carbocycles. The predicted octanol–water partition coefficient (Wildman–Crippen LogP) is 2.61. The Balaban J connectivity index is 1.46. The second-order valence-corrected chi connectivity index (χ2v) is 8.15. The number of morpholine rings is 1. The summed E-state index contributed by atoms with van der Waals surface area (Å²) in [5.41, 5.74) is 0.939. The minimum Gasteiger partial charge on any atom is -0.379 e. The predicted molar refractivity (Wildman–Crippen MR) is 107 cm³/mol. The molecule has 27 heavy (non-hydrogen) atoms. The van der Waals surface area contributed by atoms with E-state index in [9.17, 15) is 4.79 Å². The third kappa shape index (κ3) is 4.97.